The fourth-order valence-electron chi connectivity index (χ4n) is 2.30. The van der Waals surface area contributed by atoms with E-state index in [0.717, 1.165) is 14.2 Å². The summed E-state index contributed by atoms with van der Waals surface area (Å²) in [6, 6.07) is -1.30. The number of hydrogen-bond acceptors (Lipinski definition) is 9. The average molecular weight is 339 g/mol. The Balaban J connectivity index is 3.14. The lowest BCUT2D eigenvalue weighted by Gasteiger charge is -2.45. The Labute approximate surface area is 131 Å². The summed E-state index contributed by atoms with van der Waals surface area (Å²) in [5.41, 5.74) is 0. The van der Waals surface area contributed by atoms with Crippen molar-refractivity contribution in [3.05, 3.63) is 0 Å². The number of amides is 1. The maximum atomic E-state index is 11.4. The van der Waals surface area contributed by atoms with E-state index in [9.17, 15) is 30.0 Å². The number of carboxylic acids is 1. The quantitative estimate of drug-likeness (QED) is 0.292. The number of carboxylic acid groups (broad SMARTS) is 1. The predicted molar refractivity (Wildman–Crippen MR) is 71.3 cm³/mol. The van der Waals surface area contributed by atoms with Crippen molar-refractivity contribution in [2.24, 2.45) is 0 Å². The van der Waals surface area contributed by atoms with Crippen LogP contribution in [0.15, 0.2) is 0 Å². The third-order valence-corrected chi connectivity index (χ3v) is 3.62. The molecule has 0 radical (unpaired) electrons. The largest absolute Gasteiger partial charge is 0.477 e. The van der Waals surface area contributed by atoms with Crippen LogP contribution in [0.5, 0.6) is 0 Å². The molecule has 1 heterocycles. The van der Waals surface area contributed by atoms with Crippen molar-refractivity contribution in [1.82, 2.24) is 5.32 Å². The first-order chi connectivity index (χ1) is 10.7. The van der Waals surface area contributed by atoms with Gasteiger partial charge in [0.25, 0.3) is 5.79 Å². The van der Waals surface area contributed by atoms with E-state index >= 15 is 0 Å². The topological polar surface area (TPSA) is 175 Å². The Morgan fingerprint density at radius 3 is 2.43 bits per heavy atom. The predicted octanol–water partition coefficient (Wildman–Crippen LogP) is -3.00. The third-order valence-electron chi connectivity index (χ3n) is 3.62. The summed E-state index contributed by atoms with van der Waals surface area (Å²) in [4.78, 5) is 22.7. The van der Waals surface area contributed by atoms with Gasteiger partial charge in [-0.1, -0.05) is 0 Å². The Morgan fingerprint density at radius 2 is 2.00 bits per heavy atom. The number of aliphatic hydroxyl groups excluding tert-OH is 4. The molecule has 6 atom stereocenters. The molecule has 11 nitrogen and oxygen atoms in total. The van der Waals surface area contributed by atoms with Crippen LogP contribution < -0.4 is 5.32 Å². The lowest BCUT2D eigenvalue weighted by molar-refractivity contribution is -0.303. The Bertz CT molecular complexity index is 432. The van der Waals surface area contributed by atoms with Crippen molar-refractivity contribution in [2.45, 2.75) is 42.7 Å². The summed E-state index contributed by atoms with van der Waals surface area (Å²) in [5, 5.41) is 50.1. The highest BCUT2D eigenvalue weighted by Gasteiger charge is 2.55. The number of nitrogens with one attached hydrogen (secondary N) is 1. The smallest absolute Gasteiger partial charge is 0.407 e. The van der Waals surface area contributed by atoms with Gasteiger partial charge < -0.3 is 45.1 Å². The molecule has 0 saturated carbocycles. The Morgan fingerprint density at radius 1 is 1.39 bits per heavy atom. The molecule has 134 valence electrons. The van der Waals surface area contributed by atoms with E-state index in [4.69, 9.17) is 14.6 Å². The Hall–Kier alpha value is -1.50. The van der Waals surface area contributed by atoms with Crippen LogP contribution in [0.1, 0.15) is 6.42 Å². The van der Waals surface area contributed by atoms with E-state index in [1.165, 1.54) is 0 Å². The molecule has 0 aromatic heterocycles. The lowest BCUT2D eigenvalue weighted by atomic mass is 9.88. The molecule has 11 heteroatoms. The number of aliphatic hydroxyl groups is 4. The zero-order chi connectivity index (χ0) is 17.8. The lowest BCUT2D eigenvalue weighted by Crippen LogP contribution is -2.67. The van der Waals surface area contributed by atoms with Gasteiger partial charge in [-0.15, -0.1) is 0 Å². The summed E-state index contributed by atoms with van der Waals surface area (Å²) in [6.07, 6.45) is -8.11. The fraction of sp³-hybridized carbons (Fsp3) is 0.833. The molecule has 6 N–H and O–H groups in total. The zero-order valence-electron chi connectivity index (χ0n) is 12.6. The van der Waals surface area contributed by atoms with Gasteiger partial charge in [-0.25, -0.2) is 9.59 Å². The van der Waals surface area contributed by atoms with Gasteiger partial charge in [-0.2, -0.15) is 0 Å². The van der Waals surface area contributed by atoms with Gasteiger partial charge in [-0.3, -0.25) is 0 Å². The first kappa shape index (κ1) is 19.5. The highest BCUT2D eigenvalue weighted by molar-refractivity contribution is 5.76. The van der Waals surface area contributed by atoms with Crippen LogP contribution >= 0.6 is 0 Å². The SMILES string of the molecule is COC(=O)N[C@H]1[C@H]([C@H](O)[C@H](O)CO)O[C@@](OC)(C(=O)O)C[C@@H]1O. The van der Waals surface area contributed by atoms with Crippen LogP contribution in [0.4, 0.5) is 4.79 Å². The second-order valence-electron chi connectivity index (χ2n) is 5.02. The monoisotopic (exact) mass is 339 g/mol. The number of carbonyl (C=O) groups excluding carboxylic acids is 1. The molecule has 0 aliphatic carbocycles. The van der Waals surface area contributed by atoms with Crippen LogP contribution in [0.2, 0.25) is 0 Å². The number of methoxy groups -OCH3 is 2. The molecule has 0 unspecified atom stereocenters. The molecular formula is C12H21NO10. The number of ether oxygens (including phenoxy) is 3. The first-order valence-corrected chi connectivity index (χ1v) is 6.68. The summed E-state index contributed by atoms with van der Waals surface area (Å²) in [6.45, 7) is -0.852. The van der Waals surface area contributed by atoms with Crippen LogP contribution in [0.25, 0.3) is 0 Å². The normalized spacial score (nSPS) is 33.6. The van der Waals surface area contributed by atoms with Crippen molar-refractivity contribution < 1.29 is 49.3 Å². The van der Waals surface area contributed by atoms with E-state index in [0.29, 0.717) is 0 Å². The minimum absolute atomic E-state index is 0.550. The molecular weight excluding hydrogens is 318 g/mol. The third kappa shape index (κ3) is 4.07. The molecule has 1 saturated heterocycles. The second-order valence-corrected chi connectivity index (χ2v) is 5.02. The number of aliphatic carboxylic acids is 1. The van der Waals surface area contributed by atoms with Gasteiger partial charge in [0, 0.05) is 13.5 Å². The van der Waals surface area contributed by atoms with Crippen molar-refractivity contribution in [2.75, 3.05) is 20.8 Å². The zero-order valence-corrected chi connectivity index (χ0v) is 12.6. The van der Waals surface area contributed by atoms with Gasteiger partial charge in [0.05, 0.1) is 25.9 Å². The van der Waals surface area contributed by atoms with Gasteiger partial charge >= 0.3 is 12.1 Å². The molecule has 1 amide bonds. The first-order valence-electron chi connectivity index (χ1n) is 6.68. The molecule has 1 aliphatic heterocycles. The van der Waals surface area contributed by atoms with Crippen LogP contribution in [-0.2, 0) is 19.0 Å². The number of rotatable bonds is 6. The summed E-state index contributed by atoms with van der Waals surface area (Å²) in [5.74, 6) is -3.85. The maximum absolute atomic E-state index is 11.4. The number of hydrogen-bond donors (Lipinski definition) is 6. The molecule has 0 spiro atoms. The number of alkyl carbamates (subject to hydrolysis) is 1. The van der Waals surface area contributed by atoms with Crippen molar-refractivity contribution in [1.29, 1.82) is 0 Å². The van der Waals surface area contributed by atoms with Gasteiger partial charge in [0.15, 0.2) is 0 Å². The van der Waals surface area contributed by atoms with E-state index in [1.54, 1.807) is 0 Å². The van der Waals surface area contributed by atoms with Gasteiger partial charge in [0.1, 0.15) is 18.3 Å². The van der Waals surface area contributed by atoms with E-state index < -0.39 is 61.3 Å². The average Bonchev–Trinajstić information content (AvgIpc) is 2.54. The fourth-order valence-corrected chi connectivity index (χ4v) is 2.30. The molecule has 0 aromatic carbocycles. The summed E-state index contributed by atoms with van der Waals surface area (Å²) < 4.78 is 14.4. The van der Waals surface area contributed by atoms with Gasteiger partial charge in [-0.05, 0) is 0 Å². The van der Waals surface area contributed by atoms with Crippen molar-refractivity contribution in [3.8, 4) is 0 Å². The highest BCUT2D eigenvalue weighted by Crippen LogP contribution is 2.32. The van der Waals surface area contributed by atoms with Crippen LogP contribution in [-0.4, -0.2) is 94.7 Å². The molecule has 0 aromatic rings. The highest BCUT2D eigenvalue weighted by atomic mass is 16.7. The van der Waals surface area contributed by atoms with Crippen molar-refractivity contribution in [3.63, 3.8) is 0 Å². The Kier molecular flexibility index (Phi) is 6.68. The van der Waals surface area contributed by atoms with E-state index in [2.05, 4.69) is 10.1 Å². The molecule has 23 heavy (non-hydrogen) atoms. The van der Waals surface area contributed by atoms with Gasteiger partial charge in [0.2, 0.25) is 0 Å². The van der Waals surface area contributed by atoms with Crippen LogP contribution in [0.3, 0.4) is 0 Å². The second kappa shape index (κ2) is 7.86. The molecule has 1 fully saturated rings. The molecule has 1 rings (SSSR count). The number of carbonyl (C=O) groups is 2. The van der Waals surface area contributed by atoms with Crippen molar-refractivity contribution >= 4 is 12.1 Å². The minimum atomic E-state index is -2.28. The summed E-state index contributed by atoms with van der Waals surface area (Å²) >= 11 is 0. The summed E-state index contributed by atoms with van der Waals surface area (Å²) in [7, 11) is 2.09. The van der Waals surface area contributed by atoms with Crippen LogP contribution in [0, 0.1) is 0 Å². The van der Waals surface area contributed by atoms with E-state index in [-0.39, 0.29) is 0 Å². The molecule has 0 bridgehead atoms. The van der Waals surface area contributed by atoms with E-state index in [1.807, 2.05) is 0 Å². The standard InChI is InChI=1S/C12H21NO10/c1-21-11(20)13-7-5(15)3-12(22-2,10(18)19)23-9(7)8(17)6(16)4-14/h5-9,14-17H,3-4H2,1-2H3,(H,13,20)(H,18,19)/t5-,6+,7+,8+,9+,12+/m0/s1. The maximum Gasteiger partial charge on any atom is 0.407 e. The molecule has 1 aliphatic rings. The minimum Gasteiger partial charge on any atom is -0.477 e.